The molecule has 0 spiro atoms. The zero-order valence-electron chi connectivity index (χ0n) is 9.35. The molecular weight excluding hydrogens is 196 g/mol. The summed E-state index contributed by atoms with van der Waals surface area (Å²) < 4.78 is 1.72. The first-order valence-corrected chi connectivity index (χ1v) is 4.69. The number of nitrogens with zero attached hydrogens (tertiary/aromatic N) is 3. The summed E-state index contributed by atoms with van der Waals surface area (Å²) in [4.78, 5) is 11.5. The van der Waals surface area contributed by atoms with Crippen molar-refractivity contribution >= 4 is 5.91 Å². The van der Waals surface area contributed by atoms with Crippen molar-refractivity contribution in [1.29, 1.82) is 0 Å². The van der Waals surface area contributed by atoms with E-state index in [9.17, 15) is 9.90 Å². The summed E-state index contributed by atoms with van der Waals surface area (Å²) in [6.45, 7) is 4.66. The van der Waals surface area contributed by atoms with Crippen molar-refractivity contribution < 1.29 is 9.90 Å². The van der Waals surface area contributed by atoms with E-state index >= 15 is 0 Å². The Morgan fingerprint density at radius 2 is 2.27 bits per heavy atom. The first-order chi connectivity index (χ1) is 6.82. The van der Waals surface area contributed by atoms with Gasteiger partial charge in [0.25, 0.3) is 5.91 Å². The number of nitrogens with one attached hydrogen (secondary N) is 1. The summed E-state index contributed by atoms with van der Waals surface area (Å²) in [6, 6.07) is -0.281. The molecule has 0 bridgehead atoms. The van der Waals surface area contributed by atoms with E-state index in [1.54, 1.807) is 24.9 Å². The maximum Gasteiger partial charge on any atom is 0.251 e. The van der Waals surface area contributed by atoms with Crippen LogP contribution < -0.4 is 5.32 Å². The Morgan fingerprint density at radius 3 is 2.67 bits per heavy atom. The number of carbonyl (C=O) groups is 1. The van der Waals surface area contributed by atoms with Gasteiger partial charge in [-0.3, -0.25) is 4.79 Å². The van der Waals surface area contributed by atoms with Gasteiger partial charge < -0.3 is 15.0 Å². The minimum atomic E-state index is -1.38. The molecule has 15 heavy (non-hydrogen) atoms. The van der Waals surface area contributed by atoms with Crippen LogP contribution in [-0.2, 0) is 11.8 Å². The molecule has 84 valence electrons. The maximum absolute atomic E-state index is 11.5. The normalized spacial score (nSPS) is 13.7. The lowest BCUT2D eigenvalue weighted by atomic mass is 10.1. The Bertz CT molecular complexity index is 353. The molecule has 1 rings (SSSR count). The number of aryl methyl sites for hydroxylation is 1. The number of amides is 1. The highest BCUT2D eigenvalue weighted by Gasteiger charge is 2.26. The van der Waals surface area contributed by atoms with Gasteiger partial charge in [0, 0.05) is 7.05 Å². The maximum atomic E-state index is 11.5. The topological polar surface area (TPSA) is 80.0 Å². The molecule has 0 aliphatic rings. The molecule has 0 aliphatic heterocycles. The van der Waals surface area contributed by atoms with Crippen LogP contribution in [0.4, 0.5) is 0 Å². The lowest BCUT2D eigenvalue weighted by Crippen LogP contribution is -2.43. The van der Waals surface area contributed by atoms with E-state index in [0.717, 1.165) is 0 Å². The molecule has 1 unspecified atom stereocenters. The second-order valence-electron chi connectivity index (χ2n) is 4.05. The number of aliphatic hydroxyl groups is 1. The first kappa shape index (κ1) is 11.6. The highest BCUT2D eigenvalue weighted by atomic mass is 16.3. The van der Waals surface area contributed by atoms with E-state index in [2.05, 4.69) is 15.5 Å². The fourth-order valence-electron chi connectivity index (χ4n) is 1.12. The Hall–Kier alpha value is -1.43. The van der Waals surface area contributed by atoms with Gasteiger partial charge in [-0.05, 0) is 20.8 Å². The van der Waals surface area contributed by atoms with Gasteiger partial charge in [0.1, 0.15) is 11.9 Å². The molecular formula is C9H16N4O2. The highest BCUT2D eigenvalue weighted by Crippen LogP contribution is 2.09. The molecule has 0 fully saturated rings. The summed E-state index contributed by atoms with van der Waals surface area (Å²) in [5.74, 6) is 0.214. The van der Waals surface area contributed by atoms with Crippen LogP contribution in [0.15, 0.2) is 6.33 Å². The van der Waals surface area contributed by atoms with E-state index in [0.29, 0.717) is 5.82 Å². The molecule has 2 N–H and O–H groups in total. The van der Waals surface area contributed by atoms with Crippen LogP contribution in [-0.4, -0.2) is 31.4 Å². The van der Waals surface area contributed by atoms with E-state index in [4.69, 9.17) is 0 Å². The quantitative estimate of drug-likeness (QED) is 0.725. The molecule has 1 amide bonds. The minimum Gasteiger partial charge on any atom is -0.381 e. The van der Waals surface area contributed by atoms with E-state index in [-0.39, 0.29) is 6.04 Å². The lowest BCUT2D eigenvalue weighted by molar-refractivity contribution is -0.137. The van der Waals surface area contributed by atoms with Gasteiger partial charge in [0.05, 0.1) is 6.04 Å². The van der Waals surface area contributed by atoms with E-state index < -0.39 is 11.5 Å². The predicted molar refractivity (Wildman–Crippen MR) is 53.9 cm³/mol. The number of hydrogen-bond acceptors (Lipinski definition) is 4. The van der Waals surface area contributed by atoms with Crippen molar-refractivity contribution in [2.24, 2.45) is 7.05 Å². The average molecular weight is 212 g/mol. The fourth-order valence-corrected chi connectivity index (χ4v) is 1.12. The van der Waals surface area contributed by atoms with Crippen LogP contribution in [0.25, 0.3) is 0 Å². The number of carbonyl (C=O) groups excluding carboxylic acids is 1. The third-order valence-electron chi connectivity index (χ3n) is 2.04. The Kier molecular flexibility index (Phi) is 3.09. The van der Waals surface area contributed by atoms with E-state index in [1.165, 1.54) is 13.8 Å². The molecule has 0 aliphatic carbocycles. The highest BCUT2D eigenvalue weighted by molar-refractivity contribution is 5.84. The molecule has 0 aromatic carbocycles. The monoisotopic (exact) mass is 212 g/mol. The third-order valence-corrected chi connectivity index (χ3v) is 2.04. The third kappa shape index (κ3) is 2.76. The van der Waals surface area contributed by atoms with Gasteiger partial charge in [-0.15, -0.1) is 10.2 Å². The second-order valence-corrected chi connectivity index (χ2v) is 4.05. The van der Waals surface area contributed by atoms with Crippen molar-refractivity contribution in [3.63, 3.8) is 0 Å². The summed E-state index contributed by atoms with van der Waals surface area (Å²) in [6.07, 6.45) is 1.56. The molecule has 0 saturated heterocycles. The van der Waals surface area contributed by atoms with Crippen molar-refractivity contribution in [1.82, 2.24) is 20.1 Å². The van der Waals surface area contributed by atoms with Crippen LogP contribution in [0, 0.1) is 0 Å². The van der Waals surface area contributed by atoms with Crippen molar-refractivity contribution in [3.8, 4) is 0 Å². The number of hydrogen-bond donors (Lipinski definition) is 2. The molecule has 6 nitrogen and oxygen atoms in total. The van der Waals surface area contributed by atoms with Crippen LogP contribution in [0.3, 0.4) is 0 Å². The van der Waals surface area contributed by atoms with Crippen molar-refractivity contribution in [2.75, 3.05) is 0 Å². The summed E-state index contributed by atoms with van der Waals surface area (Å²) in [5.41, 5.74) is -1.38. The number of rotatable bonds is 3. The van der Waals surface area contributed by atoms with Gasteiger partial charge in [0.15, 0.2) is 5.82 Å². The fraction of sp³-hybridized carbons (Fsp3) is 0.667. The van der Waals surface area contributed by atoms with E-state index in [1.807, 2.05) is 0 Å². The SMILES string of the molecule is CC(NC(=O)C(C)(C)O)c1nncn1C. The summed E-state index contributed by atoms with van der Waals surface area (Å²) in [7, 11) is 1.79. The average Bonchev–Trinajstić information content (AvgIpc) is 2.49. The van der Waals surface area contributed by atoms with Gasteiger partial charge >= 0.3 is 0 Å². The zero-order valence-corrected chi connectivity index (χ0v) is 9.35. The van der Waals surface area contributed by atoms with Crippen LogP contribution >= 0.6 is 0 Å². The van der Waals surface area contributed by atoms with Crippen LogP contribution in [0.5, 0.6) is 0 Å². The van der Waals surface area contributed by atoms with Gasteiger partial charge in [0.2, 0.25) is 0 Å². The lowest BCUT2D eigenvalue weighted by Gasteiger charge is -2.20. The molecule has 0 saturated carbocycles. The summed E-state index contributed by atoms with van der Waals surface area (Å²) in [5, 5.41) is 19.7. The standard InChI is InChI=1S/C9H16N4O2/c1-6(7-12-10-5-13(7)4)11-8(14)9(2,3)15/h5-6,15H,1-4H3,(H,11,14). The first-order valence-electron chi connectivity index (χ1n) is 4.69. The van der Waals surface area contributed by atoms with Crippen LogP contribution in [0.1, 0.15) is 32.6 Å². The Labute approximate surface area is 88.3 Å². The number of aromatic nitrogens is 3. The van der Waals surface area contributed by atoms with Crippen LogP contribution in [0.2, 0.25) is 0 Å². The zero-order chi connectivity index (χ0) is 11.6. The van der Waals surface area contributed by atoms with Gasteiger partial charge in [-0.2, -0.15) is 0 Å². The Morgan fingerprint density at radius 1 is 1.67 bits per heavy atom. The largest absolute Gasteiger partial charge is 0.381 e. The second kappa shape index (κ2) is 3.98. The van der Waals surface area contributed by atoms with Crippen molar-refractivity contribution in [3.05, 3.63) is 12.2 Å². The predicted octanol–water partition coefficient (Wildman–Crippen LogP) is -0.237. The molecule has 1 aromatic heterocycles. The summed E-state index contributed by atoms with van der Waals surface area (Å²) >= 11 is 0. The molecule has 1 aromatic rings. The molecule has 1 heterocycles. The Balaban J connectivity index is 2.69. The van der Waals surface area contributed by atoms with Gasteiger partial charge in [-0.1, -0.05) is 0 Å². The smallest absolute Gasteiger partial charge is 0.251 e. The molecule has 1 atom stereocenters. The van der Waals surface area contributed by atoms with Gasteiger partial charge in [-0.25, -0.2) is 0 Å². The van der Waals surface area contributed by atoms with Crippen molar-refractivity contribution in [2.45, 2.75) is 32.4 Å². The molecule has 0 radical (unpaired) electrons. The molecule has 6 heteroatoms. The minimum absolute atomic E-state index is 0.281.